The van der Waals surface area contributed by atoms with Crippen LogP contribution in [0.15, 0.2) is 0 Å². The van der Waals surface area contributed by atoms with Crippen LogP contribution in [0.4, 0.5) is 0 Å². The van der Waals surface area contributed by atoms with Crippen molar-refractivity contribution >= 4 is 0 Å². The molecule has 0 fully saturated rings. The Kier molecular flexibility index (Phi) is 9.76. The van der Waals surface area contributed by atoms with E-state index in [2.05, 4.69) is 47.4 Å². The van der Waals surface area contributed by atoms with Crippen molar-refractivity contribution in [3.8, 4) is 47.4 Å². The zero-order valence-corrected chi connectivity index (χ0v) is 8.28. The molecule has 0 aromatic carbocycles. The lowest BCUT2D eigenvalue weighted by Gasteiger charge is -1.86. The van der Waals surface area contributed by atoms with Crippen molar-refractivity contribution in [2.45, 2.75) is 26.2 Å². The number of aliphatic hydroxyl groups excluding tert-OH is 1. The number of unbranched alkanes of at least 4 members (excludes halogenated alkanes) is 2. The fourth-order valence-corrected chi connectivity index (χ4v) is 0.619. The highest BCUT2D eigenvalue weighted by Crippen LogP contribution is 1.90. The highest BCUT2D eigenvalue weighted by atomic mass is 16.2. The summed E-state index contributed by atoms with van der Waals surface area (Å²) in [5.74, 6) is 21.1. The molecule has 0 aliphatic carbocycles. The van der Waals surface area contributed by atoms with Gasteiger partial charge in [-0.1, -0.05) is 11.8 Å². The van der Waals surface area contributed by atoms with Gasteiger partial charge in [-0.3, -0.25) is 0 Å². The van der Waals surface area contributed by atoms with Crippen LogP contribution in [0, 0.1) is 47.4 Å². The molecule has 0 bridgehead atoms. The summed E-state index contributed by atoms with van der Waals surface area (Å²) in [5, 5.41) is 8.48. The predicted octanol–water partition coefficient (Wildman–Crippen LogP) is 1.18. The fourth-order valence-electron chi connectivity index (χ4n) is 0.619. The van der Waals surface area contributed by atoms with E-state index >= 15 is 0 Å². The van der Waals surface area contributed by atoms with Gasteiger partial charge in [-0.05, 0) is 55.3 Å². The summed E-state index contributed by atoms with van der Waals surface area (Å²) in [4.78, 5) is 0. The van der Waals surface area contributed by atoms with Gasteiger partial charge in [-0.15, -0.1) is 0 Å². The Labute approximate surface area is 85.9 Å². The summed E-state index contributed by atoms with van der Waals surface area (Å²) in [6.07, 6.45) is 2.49. The van der Waals surface area contributed by atoms with E-state index in [-0.39, 0.29) is 6.61 Å². The molecule has 0 saturated heterocycles. The lowest BCUT2D eigenvalue weighted by Crippen LogP contribution is -1.80. The van der Waals surface area contributed by atoms with Gasteiger partial charge in [0, 0.05) is 13.0 Å². The molecule has 0 aromatic heterocycles. The Bertz CT molecular complexity index is 374. The van der Waals surface area contributed by atoms with Crippen LogP contribution in [0.5, 0.6) is 0 Å². The highest BCUT2D eigenvalue weighted by Gasteiger charge is 1.79. The van der Waals surface area contributed by atoms with Gasteiger partial charge in [0.15, 0.2) is 0 Å². The Hall–Kier alpha value is -1.80. The van der Waals surface area contributed by atoms with Crippen LogP contribution in [-0.4, -0.2) is 11.7 Å². The molecule has 0 aliphatic heterocycles. The van der Waals surface area contributed by atoms with Crippen LogP contribution in [0.25, 0.3) is 0 Å². The van der Waals surface area contributed by atoms with Crippen LogP contribution < -0.4 is 0 Å². The summed E-state index contributed by atoms with van der Waals surface area (Å²) in [7, 11) is 0. The number of rotatable bonds is 3. The Balaban J connectivity index is 3.68. The minimum atomic E-state index is 0.231. The first kappa shape index (κ1) is 12.2. The second-order valence-electron chi connectivity index (χ2n) is 2.36. The van der Waals surface area contributed by atoms with E-state index in [4.69, 9.17) is 5.11 Å². The zero-order valence-electron chi connectivity index (χ0n) is 8.28. The zero-order chi connectivity index (χ0) is 10.5. The van der Waals surface area contributed by atoms with Crippen molar-refractivity contribution in [1.29, 1.82) is 0 Å². The van der Waals surface area contributed by atoms with E-state index in [9.17, 15) is 0 Å². The van der Waals surface area contributed by atoms with E-state index < -0.39 is 0 Å². The van der Waals surface area contributed by atoms with E-state index in [1.165, 1.54) is 0 Å². The van der Waals surface area contributed by atoms with Crippen molar-refractivity contribution in [2.75, 3.05) is 6.61 Å². The maximum absolute atomic E-state index is 8.48. The Morgan fingerprint density at radius 1 is 0.857 bits per heavy atom. The van der Waals surface area contributed by atoms with Gasteiger partial charge in [0.05, 0.1) is 0 Å². The molecular weight excluding hydrogens is 172 g/mol. The molecule has 1 N–H and O–H groups in total. The van der Waals surface area contributed by atoms with Gasteiger partial charge >= 0.3 is 0 Å². The van der Waals surface area contributed by atoms with E-state index in [0.29, 0.717) is 0 Å². The minimum Gasteiger partial charge on any atom is -0.396 e. The summed E-state index contributed by atoms with van der Waals surface area (Å²) in [5.41, 5.74) is 0. The lowest BCUT2D eigenvalue weighted by molar-refractivity contribution is 0.285. The average Bonchev–Trinajstić information content (AvgIpc) is 2.21. The van der Waals surface area contributed by atoms with Crippen molar-refractivity contribution in [3.63, 3.8) is 0 Å². The SMILES string of the molecule is CC#CC#CC#CC#CCCCCO. The normalized spacial score (nSPS) is 6.14. The molecule has 0 rings (SSSR count). The molecule has 1 nitrogen and oxygen atoms in total. The van der Waals surface area contributed by atoms with Crippen LogP contribution in [0.3, 0.4) is 0 Å². The van der Waals surface area contributed by atoms with Gasteiger partial charge in [-0.2, -0.15) is 0 Å². The molecule has 0 unspecified atom stereocenters. The lowest BCUT2D eigenvalue weighted by atomic mass is 10.2. The maximum Gasteiger partial charge on any atom is 0.0431 e. The maximum atomic E-state index is 8.48. The van der Waals surface area contributed by atoms with Crippen molar-refractivity contribution < 1.29 is 5.11 Å². The molecule has 0 heterocycles. The van der Waals surface area contributed by atoms with Crippen LogP contribution >= 0.6 is 0 Å². The van der Waals surface area contributed by atoms with E-state index in [0.717, 1.165) is 19.3 Å². The van der Waals surface area contributed by atoms with Gasteiger partial charge in [0.2, 0.25) is 0 Å². The number of aliphatic hydroxyl groups is 1. The topological polar surface area (TPSA) is 20.2 Å². The third-order valence-corrected chi connectivity index (χ3v) is 1.24. The standard InChI is InChI=1S/C13H12O/c1-2-3-4-5-6-7-8-9-10-11-12-13-14/h14H,10-13H2,1H3. The molecule has 0 spiro atoms. The first-order chi connectivity index (χ1) is 6.91. The molecule has 0 atom stereocenters. The predicted molar refractivity (Wildman–Crippen MR) is 57.7 cm³/mol. The van der Waals surface area contributed by atoms with Crippen molar-refractivity contribution in [1.82, 2.24) is 0 Å². The summed E-state index contributed by atoms with van der Waals surface area (Å²) in [6.45, 7) is 1.96. The Morgan fingerprint density at radius 2 is 1.50 bits per heavy atom. The molecule has 0 amide bonds. The number of hydrogen-bond acceptors (Lipinski definition) is 1. The first-order valence-electron chi connectivity index (χ1n) is 4.42. The van der Waals surface area contributed by atoms with Crippen LogP contribution in [0.2, 0.25) is 0 Å². The van der Waals surface area contributed by atoms with Crippen LogP contribution in [0.1, 0.15) is 26.2 Å². The highest BCUT2D eigenvalue weighted by molar-refractivity contribution is 5.39. The average molecular weight is 184 g/mol. The quantitative estimate of drug-likeness (QED) is 0.516. The first-order valence-corrected chi connectivity index (χ1v) is 4.42. The van der Waals surface area contributed by atoms with Gasteiger partial charge in [0.1, 0.15) is 0 Å². The Morgan fingerprint density at radius 3 is 2.14 bits per heavy atom. The summed E-state index contributed by atoms with van der Waals surface area (Å²) >= 11 is 0. The fraction of sp³-hybridized carbons (Fsp3) is 0.385. The van der Waals surface area contributed by atoms with Gasteiger partial charge in [0.25, 0.3) is 0 Å². The van der Waals surface area contributed by atoms with E-state index in [1.807, 2.05) is 0 Å². The molecular formula is C13H12O. The molecule has 1 heteroatoms. The summed E-state index contributed by atoms with van der Waals surface area (Å²) < 4.78 is 0. The molecule has 14 heavy (non-hydrogen) atoms. The van der Waals surface area contributed by atoms with Crippen molar-refractivity contribution in [3.05, 3.63) is 0 Å². The third kappa shape index (κ3) is 10.2. The third-order valence-electron chi connectivity index (χ3n) is 1.24. The largest absolute Gasteiger partial charge is 0.396 e. The molecule has 0 aliphatic rings. The second kappa shape index (κ2) is 11.2. The van der Waals surface area contributed by atoms with Gasteiger partial charge < -0.3 is 5.11 Å². The molecule has 0 aromatic rings. The number of hydrogen-bond donors (Lipinski definition) is 1. The molecule has 70 valence electrons. The van der Waals surface area contributed by atoms with Crippen LogP contribution in [-0.2, 0) is 0 Å². The van der Waals surface area contributed by atoms with Gasteiger partial charge in [-0.25, -0.2) is 0 Å². The second-order valence-corrected chi connectivity index (χ2v) is 2.36. The summed E-state index contributed by atoms with van der Waals surface area (Å²) in [6, 6.07) is 0. The minimum absolute atomic E-state index is 0.231. The monoisotopic (exact) mass is 184 g/mol. The van der Waals surface area contributed by atoms with Crippen molar-refractivity contribution in [2.24, 2.45) is 0 Å². The molecule has 0 radical (unpaired) electrons. The molecule has 0 saturated carbocycles. The smallest absolute Gasteiger partial charge is 0.0431 e. The van der Waals surface area contributed by atoms with E-state index in [1.54, 1.807) is 6.92 Å².